The topological polar surface area (TPSA) is 139 Å². The van der Waals surface area contributed by atoms with E-state index in [4.69, 9.17) is 5.73 Å². The smallest absolute Gasteiger partial charge is 0.319 e. The van der Waals surface area contributed by atoms with Crippen molar-refractivity contribution in [3.63, 3.8) is 0 Å². The van der Waals surface area contributed by atoms with Crippen molar-refractivity contribution in [2.24, 2.45) is 5.73 Å². The quantitative estimate of drug-likeness (QED) is 0.489. The lowest BCUT2D eigenvalue weighted by Gasteiger charge is -2.15. The highest BCUT2D eigenvalue weighted by Gasteiger charge is 2.11. The Bertz CT molecular complexity index is 791. The summed E-state index contributed by atoms with van der Waals surface area (Å²) < 4.78 is 0. The lowest BCUT2D eigenvalue weighted by atomic mass is 10.1. The number of non-ortho nitro benzene ring substituents is 1. The van der Waals surface area contributed by atoms with Crippen LogP contribution in [0.1, 0.15) is 18.5 Å². The van der Waals surface area contributed by atoms with Gasteiger partial charge in [-0.15, -0.1) is 0 Å². The summed E-state index contributed by atoms with van der Waals surface area (Å²) in [5.41, 5.74) is 6.60. The van der Waals surface area contributed by atoms with E-state index in [1.54, 1.807) is 37.3 Å². The van der Waals surface area contributed by atoms with Crippen LogP contribution in [0.15, 0.2) is 48.5 Å². The SMILES string of the molecule is CC(NC(=O)Nc1cccc([N+](=O)[O-])c1)c1ccc(NC(N)=O)cc1. The number of primary amides is 1. The van der Waals surface area contributed by atoms with Gasteiger partial charge in [0.1, 0.15) is 0 Å². The van der Waals surface area contributed by atoms with Gasteiger partial charge in [-0.2, -0.15) is 0 Å². The van der Waals surface area contributed by atoms with Crippen LogP contribution in [0.3, 0.4) is 0 Å². The second kappa shape index (κ2) is 7.77. The average molecular weight is 343 g/mol. The molecule has 0 aliphatic carbocycles. The van der Waals surface area contributed by atoms with E-state index in [-0.39, 0.29) is 11.7 Å². The van der Waals surface area contributed by atoms with E-state index < -0.39 is 17.0 Å². The van der Waals surface area contributed by atoms with Crippen molar-refractivity contribution in [2.45, 2.75) is 13.0 Å². The molecule has 130 valence electrons. The lowest BCUT2D eigenvalue weighted by Crippen LogP contribution is -2.31. The van der Waals surface area contributed by atoms with Crippen LogP contribution >= 0.6 is 0 Å². The highest BCUT2D eigenvalue weighted by molar-refractivity contribution is 5.90. The van der Waals surface area contributed by atoms with Crippen LogP contribution in [0.4, 0.5) is 26.7 Å². The van der Waals surface area contributed by atoms with E-state index in [1.807, 2.05) is 0 Å². The molecule has 0 bridgehead atoms. The van der Waals surface area contributed by atoms with Crippen LogP contribution in [0, 0.1) is 10.1 Å². The van der Waals surface area contributed by atoms with E-state index in [9.17, 15) is 19.7 Å². The van der Waals surface area contributed by atoms with E-state index in [1.165, 1.54) is 18.2 Å². The molecule has 2 rings (SSSR count). The van der Waals surface area contributed by atoms with Crippen molar-refractivity contribution >= 4 is 29.1 Å². The number of urea groups is 2. The summed E-state index contributed by atoms with van der Waals surface area (Å²) in [4.78, 5) is 33.0. The first-order valence-corrected chi connectivity index (χ1v) is 7.33. The summed E-state index contributed by atoms with van der Waals surface area (Å²) in [6, 6.07) is 11.0. The Kier molecular flexibility index (Phi) is 5.51. The van der Waals surface area contributed by atoms with Gasteiger partial charge >= 0.3 is 12.1 Å². The van der Waals surface area contributed by atoms with Gasteiger partial charge in [-0.05, 0) is 30.7 Å². The van der Waals surface area contributed by atoms with Gasteiger partial charge in [0.15, 0.2) is 0 Å². The molecule has 25 heavy (non-hydrogen) atoms. The number of benzene rings is 2. The Balaban J connectivity index is 1.96. The molecule has 0 radical (unpaired) electrons. The second-order valence-electron chi connectivity index (χ2n) is 5.24. The minimum absolute atomic E-state index is 0.108. The number of hydrogen-bond acceptors (Lipinski definition) is 4. The van der Waals surface area contributed by atoms with Crippen LogP contribution in [0.25, 0.3) is 0 Å². The Labute approximate surface area is 143 Å². The second-order valence-corrected chi connectivity index (χ2v) is 5.24. The molecule has 0 aromatic heterocycles. The lowest BCUT2D eigenvalue weighted by molar-refractivity contribution is -0.384. The number of carbonyl (C=O) groups excluding carboxylic acids is 2. The highest BCUT2D eigenvalue weighted by Crippen LogP contribution is 2.18. The van der Waals surface area contributed by atoms with Crippen molar-refractivity contribution in [1.29, 1.82) is 0 Å². The summed E-state index contributed by atoms with van der Waals surface area (Å²) in [7, 11) is 0. The van der Waals surface area contributed by atoms with Crippen LogP contribution in [-0.2, 0) is 0 Å². The summed E-state index contributed by atoms with van der Waals surface area (Å²) in [5, 5.41) is 18.5. The minimum Gasteiger partial charge on any atom is -0.351 e. The van der Waals surface area contributed by atoms with Crippen molar-refractivity contribution in [2.75, 3.05) is 10.6 Å². The molecule has 0 aliphatic rings. The van der Waals surface area contributed by atoms with Crippen LogP contribution < -0.4 is 21.7 Å². The highest BCUT2D eigenvalue weighted by atomic mass is 16.6. The molecule has 0 heterocycles. The molecule has 0 spiro atoms. The molecule has 0 saturated carbocycles. The molecule has 0 fully saturated rings. The van der Waals surface area contributed by atoms with Crippen molar-refractivity contribution in [1.82, 2.24) is 5.32 Å². The van der Waals surface area contributed by atoms with Gasteiger partial charge in [0.05, 0.1) is 11.0 Å². The van der Waals surface area contributed by atoms with E-state index in [0.717, 1.165) is 5.56 Å². The van der Waals surface area contributed by atoms with Gasteiger partial charge in [0, 0.05) is 23.5 Å². The molecular weight excluding hydrogens is 326 g/mol. The Hall–Kier alpha value is -3.62. The number of nitro benzene ring substituents is 1. The summed E-state index contributed by atoms with van der Waals surface area (Å²) >= 11 is 0. The van der Waals surface area contributed by atoms with Gasteiger partial charge < -0.3 is 21.7 Å². The fraction of sp³-hybridized carbons (Fsp3) is 0.125. The normalized spacial score (nSPS) is 11.2. The van der Waals surface area contributed by atoms with Gasteiger partial charge in [-0.1, -0.05) is 18.2 Å². The van der Waals surface area contributed by atoms with Crippen LogP contribution in [-0.4, -0.2) is 17.0 Å². The fourth-order valence-electron chi connectivity index (χ4n) is 2.14. The number of anilines is 2. The average Bonchev–Trinajstić information content (AvgIpc) is 2.55. The molecule has 5 N–H and O–H groups in total. The maximum Gasteiger partial charge on any atom is 0.319 e. The number of rotatable bonds is 5. The summed E-state index contributed by atoms with van der Waals surface area (Å²) in [5.74, 6) is 0. The molecule has 9 nitrogen and oxygen atoms in total. The zero-order chi connectivity index (χ0) is 18.4. The Morgan fingerprint density at radius 3 is 2.36 bits per heavy atom. The third kappa shape index (κ3) is 5.20. The predicted octanol–water partition coefficient (Wildman–Crippen LogP) is 2.97. The number of hydrogen-bond donors (Lipinski definition) is 4. The molecule has 4 amide bonds. The van der Waals surface area contributed by atoms with Crippen molar-refractivity contribution in [3.05, 3.63) is 64.2 Å². The number of carbonyl (C=O) groups is 2. The third-order valence-corrected chi connectivity index (χ3v) is 3.34. The number of nitrogens with zero attached hydrogens (tertiary/aromatic N) is 1. The monoisotopic (exact) mass is 343 g/mol. The summed E-state index contributed by atoms with van der Waals surface area (Å²) in [6.45, 7) is 1.78. The van der Waals surface area contributed by atoms with Gasteiger partial charge in [0.25, 0.3) is 5.69 Å². The first-order chi connectivity index (χ1) is 11.8. The minimum atomic E-state index is -0.657. The molecule has 1 unspecified atom stereocenters. The number of nitro groups is 1. The molecule has 0 saturated heterocycles. The van der Waals surface area contributed by atoms with E-state index in [2.05, 4.69) is 16.0 Å². The number of nitrogens with one attached hydrogen (secondary N) is 3. The van der Waals surface area contributed by atoms with Gasteiger partial charge in [-0.3, -0.25) is 10.1 Å². The Morgan fingerprint density at radius 1 is 1.08 bits per heavy atom. The Morgan fingerprint density at radius 2 is 1.76 bits per heavy atom. The number of amides is 4. The largest absolute Gasteiger partial charge is 0.351 e. The van der Waals surface area contributed by atoms with Crippen LogP contribution in [0.5, 0.6) is 0 Å². The first-order valence-electron chi connectivity index (χ1n) is 7.33. The van der Waals surface area contributed by atoms with E-state index in [0.29, 0.717) is 11.4 Å². The van der Waals surface area contributed by atoms with Crippen LogP contribution in [0.2, 0.25) is 0 Å². The zero-order valence-electron chi connectivity index (χ0n) is 13.4. The maximum atomic E-state index is 12.0. The first kappa shape index (κ1) is 17.7. The molecule has 9 heteroatoms. The molecule has 1 atom stereocenters. The summed E-state index contributed by atoms with van der Waals surface area (Å²) in [6.07, 6.45) is 0. The molecule has 0 aliphatic heterocycles. The van der Waals surface area contributed by atoms with E-state index >= 15 is 0 Å². The maximum absolute atomic E-state index is 12.0. The standard InChI is InChI=1S/C16H17N5O4/c1-10(11-5-7-12(8-6-11)19-15(17)22)18-16(23)20-13-3-2-4-14(9-13)21(24)25/h2-10H,1H3,(H3,17,19,22)(H2,18,20,23). The fourth-order valence-corrected chi connectivity index (χ4v) is 2.14. The predicted molar refractivity (Wildman–Crippen MR) is 93.3 cm³/mol. The van der Waals surface area contributed by atoms with Crippen molar-refractivity contribution < 1.29 is 14.5 Å². The zero-order valence-corrected chi connectivity index (χ0v) is 13.4. The molecular formula is C16H17N5O4. The van der Waals surface area contributed by atoms with Crippen molar-refractivity contribution in [3.8, 4) is 0 Å². The number of nitrogens with two attached hydrogens (primary N) is 1. The molecule has 2 aromatic rings. The van der Waals surface area contributed by atoms with Gasteiger partial charge in [-0.25, -0.2) is 9.59 Å². The molecule has 2 aromatic carbocycles. The third-order valence-electron chi connectivity index (χ3n) is 3.34. The van der Waals surface area contributed by atoms with Gasteiger partial charge in [0.2, 0.25) is 0 Å².